The molecule has 3 rings (SSSR count). The third-order valence-electron chi connectivity index (χ3n) is 2.77. The molecular weight excluding hydrogens is 236 g/mol. The van der Waals surface area contributed by atoms with Gasteiger partial charge in [0.15, 0.2) is 12.0 Å². The third-order valence-corrected chi connectivity index (χ3v) is 2.77. The number of nitrogens with zero attached hydrogens (tertiary/aromatic N) is 3. The Morgan fingerprint density at radius 1 is 1.56 bits per heavy atom. The van der Waals surface area contributed by atoms with E-state index < -0.39 is 0 Å². The number of aryl methyl sites for hydroxylation is 1. The molecule has 0 bridgehead atoms. The van der Waals surface area contributed by atoms with Crippen molar-refractivity contribution in [2.75, 3.05) is 7.11 Å². The zero-order chi connectivity index (χ0) is 12.7. The van der Waals surface area contributed by atoms with Crippen molar-refractivity contribution in [2.24, 2.45) is 0 Å². The Labute approximate surface area is 101 Å². The van der Waals surface area contributed by atoms with Crippen LogP contribution >= 0.6 is 0 Å². The molecule has 0 amide bonds. The molecule has 18 heavy (non-hydrogen) atoms. The van der Waals surface area contributed by atoms with Crippen LogP contribution in [-0.4, -0.2) is 32.9 Å². The average molecular weight is 246 g/mol. The first kappa shape index (κ1) is 10.6. The van der Waals surface area contributed by atoms with Crippen LogP contribution in [-0.2, 0) is 0 Å². The standard InChI is InChI=1S/C11H10N4O3/c1-6-8(5-16)13-11-12-7(4-15(6)11)9-3-10(17-2)14-18-9/h3-5H,1-2H3,(H,12,13). The van der Waals surface area contributed by atoms with Gasteiger partial charge in [0.25, 0.3) is 5.88 Å². The van der Waals surface area contributed by atoms with Gasteiger partial charge in [-0.05, 0) is 12.1 Å². The Kier molecular flexibility index (Phi) is 2.19. The number of aromatic nitrogens is 4. The van der Waals surface area contributed by atoms with Gasteiger partial charge in [-0.3, -0.25) is 9.20 Å². The lowest BCUT2D eigenvalue weighted by Crippen LogP contribution is -1.86. The predicted octanol–water partition coefficient (Wildman–Crippen LogP) is 1.45. The molecule has 3 aromatic rings. The molecule has 0 saturated heterocycles. The largest absolute Gasteiger partial charge is 0.479 e. The van der Waals surface area contributed by atoms with Crippen molar-refractivity contribution in [3.8, 4) is 17.3 Å². The second-order valence-electron chi connectivity index (χ2n) is 3.80. The molecule has 0 atom stereocenters. The summed E-state index contributed by atoms with van der Waals surface area (Å²) < 4.78 is 11.8. The first-order valence-electron chi connectivity index (χ1n) is 5.27. The highest BCUT2D eigenvalue weighted by molar-refractivity contribution is 5.75. The number of hydrogen-bond donors (Lipinski definition) is 1. The highest BCUT2D eigenvalue weighted by Gasteiger charge is 2.14. The molecule has 7 nitrogen and oxygen atoms in total. The number of aldehydes is 1. The maximum atomic E-state index is 10.8. The third kappa shape index (κ3) is 1.41. The lowest BCUT2D eigenvalue weighted by molar-refractivity contribution is 0.111. The van der Waals surface area contributed by atoms with Gasteiger partial charge < -0.3 is 14.2 Å². The zero-order valence-corrected chi connectivity index (χ0v) is 9.80. The number of fused-ring (bicyclic) bond motifs is 1. The van der Waals surface area contributed by atoms with E-state index in [9.17, 15) is 4.79 Å². The molecular formula is C11H10N4O3. The minimum Gasteiger partial charge on any atom is -0.479 e. The lowest BCUT2D eigenvalue weighted by Gasteiger charge is -1.88. The number of carbonyl (C=O) groups excluding carboxylic acids is 1. The van der Waals surface area contributed by atoms with Gasteiger partial charge in [-0.15, -0.1) is 0 Å². The number of carbonyl (C=O) groups is 1. The summed E-state index contributed by atoms with van der Waals surface area (Å²) in [6, 6.07) is 1.65. The van der Waals surface area contributed by atoms with Crippen LogP contribution in [0.4, 0.5) is 0 Å². The molecule has 0 aliphatic carbocycles. The fourth-order valence-electron chi connectivity index (χ4n) is 1.77. The Bertz CT molecular complexity index is 722. The van der Waals surface area contributed by atoms with Crippen molar-refractivity contribution in [3.63, 3.8) is 0 Å². The second kappa shape index (κ2) is 3.73. The zero-order valence-electron chi connectivity index (χ0n) is 9.80. The molecule has 0 radical (unpaired) electrons. The van der Waals surface area contributed by atoms with Crippen LogP contribution in [0.15, 0.2) is 16.8 Å². The van der Waals surface area contributed by atoms with Gasteiger partial charge in [-0.25, -0.2) is 4.98 Å². The van der Waals surface area contributed by atoms with Crippen molar-refractivity contribution in [3.05, 3.63) is 23.7 Å². The molecule has 0 unspecified atom stereocenters. The van der Waals surface area contributed by atoms with E-state index in [2.05, 4.69) is 15.1 Å². The highest BCUT2D eigenvalue weighted by atomic mass is 16.5. The van der Waals surface area contributed by atoms with Crippen LogP contribution < -0.4 is 4.74 Å². The van der Waals surface area contributed by atoms with Gasteiger partial charge >= 0.3 is 0 Å². The Morgan fingerprint density at radius 3 is 3.00 bits per heavy atom. The van der Waals surface area contributed by atoms with Crippen LogP contribution in [0.3, 0.4) is 0 Å². The summed E-state index contributed by atoms with van der Waals surface area (Å²) >= 11 is 0. The van der Waals surface area contributed by atoms with E-state index in [-0.39, 0.29) is 0 Å². The van der Waals surface area contributed by atoms with E-state index in [0.29, 0.717) is 28.8 Å². The number of imidazole rings is 2. The Balaban J connectivity index is 2.11. The van der Waals surface area contributed by atoms with Crippen molar-refractivity contribution in [1.82, 2.24) is 19.5 Å². The lowest BCUT2D eigenvalue weighted by atomic mass is 10.3. The maximum Gasteiger partial charge on any atom is 0.254 e. The van der Waals surface area contributed by atoms with Gasteiger partial charge in [0.2, 0.25) is 5.78 Å². The molecule has 0 saturated carbocycles. The summed E-state index contributed by atoms with van der Waals surface area (Å²) in [6.45, 7) is 1.83. The normalized spacial score (nSPS) is 11.0. The van der Waals surface area contributed by atoms with Crippen molar-refractivity contribution >= 4 is 12.1 Å². The van der Waals surface area contributed by atoms with Gasteiger partial charge in [0.05, 0.1) is 13.2 Å². The van der Waals surface area contributed by atoms with E-state index in [1.165, 1.54) is 7.11 Å². The van der Waals surface area contributed by atoms with E-state index in [4.69, 9.17) is 9.26 Å². The van der Waals surface area contributed by atoms with Crippen molar-refractivity contribution in [2.45, 2.75) is 6.92 Å². The molecule has 0 aromatic carbocycles. The van der Waals surface area contributed by atoms with Crippen molar-refractivity contribution < 1.29 is 14.1 Å². The fraction of sp³-hybridized carbons (Fsp3) is 0.182. The molecule has 3 heterocycles. The molecule has 3 aromatic heterocycles. The smallest absolute Gasteiger partial charge is 0.254 e. The summed E-state index contributed by atoms with van der Waals surface area (Å²) in [4.78, 5) is 18.0. The number of hydrogen-bond acceptors (Lipinski definition) is 5. The Morgan fingerprint density at radius 2 is 2.39 bits per heavy atom. The number of methoxy groups -OCH3 is 1. The minimum absolute atomic E-state index is 0.395. The number of aromatic amines is 1. The van der Waals surface area contributed by atoms with Gasteiger partial charge in [-0.2, -0.15) is 0 Å². The minimum atomic E-state index is 0.395. The molecule has 7 heteroatoms. The Hall–Kier alpha value is -2.57. The van der Waals surface area contributed by atoms with E-state index in [1.807, 2.05) is 6.92 Å². The molecule has 92 valence electrons. The predicted molar refractivity (Wildman–Crippen MR) is 61.7 cm³/mol. The number of rotatable bonds is 3. The average Bonchev–Trinajstić information content (AvgIpc) is 3.05. The summed E-state index contributed by atoms with van der Waals surface area (Å²) in [5.74, 6) is 1.49. The quantitative estimate of drug-likeness (QED) is 0.707. The number of ether oxygens (including phenoxy) is 1. The summed E-state index contributed by atoms with van der Waals surface area (Å²) in [5, 5.41) is 3.71. The van der Waals surface area contributed by atoms with E-state index >= 15 is 0 Å². The first-order chi connectivity index (χ1) is 8.72. The summed E-state index contributed by atoms with van der Waals surface area (Å²) in [6.07, 6.45) is 2.54. The second-order valence-corrected chi connectivity index (χ2v) is 3.80. The van der Waals surface area contributed by atoms with Crippen LogP contribution in [0.25, 0.3) is 17.2 Å². The molecule has 1 N–H and O–H groups in total. The molecule has 0 aliphatic rings. The van der Waals surface area contributed by atoms with Gasteiger partial charge in [0.1, 0.15) is 11.4 Å². The van der Waals surface area contributed by atoms with E-state index in [0.717, 1.165) is 12.0 Å². The first-order valence-corrected chi connectivity index (χ1v) is 5.27. The van der Waals surface area contributed by atoms with Crippen LogP contribution in [0.1, 0.15) is 16.2 Å². The molecule has 0 aliphatic heterocycles. The topological polar surface area (TPSA) is 85.4 Å². The van der Waals surface area contributed by atoms with Gasteiger partial charge in [-0.1, -0.05) is 0 Å². The number of H-pyrrole nitrogens is 1. The summed E-state index contributed by atoms with van der Waals surface area (Å²) in [7, 11) is 1.51. The maximum absolute atomic E-state index is 10.8. The van der Waals surface area contributed by atoms with E-state index in [1.54, 1.807) is 16.7 Å². The fourth-order valence-corrected chi connectivity index (χ4v) is 1.77. The summed E-state index contributed by atoms with van der Waals surface area (Å²) in [5.41, 5.74) is 1.93. The highest BCUT2D eigenvalue weighted by Crippen LogP contribution is 2.23. The van der Waals surface area contributed by atoms with Crippen LogP contribution in [0.2, 0.25) is 0 Å². The van der Waals surface area contributed by atoms with Gasteiger partial charge in [0, 0.05) is 11.9 Å². The van der Waals surface area contributed by atoms with Crippen molar-refractivity contribution in [1.29, 1.82) is 0 Å². The van der Waals surface area contributed by atoms with Crippen LogP contribution in [0, 0.1) is 6.92 Å². The number of nitrogens with one attached hydrogen (secondary N) is 1. The molecule has 0 spiro atoms. The molecule has 0 fully saturated rings. The monoisotopic (exact) mass is 246 g/mol. The van der Waals surface area contributed by atoms with Crippen LogP contribution in [0.5, 0.6) is 5.88 Å². The SMILES string of the molecule is COc1cc(-c2cn3c(C)c(C=O)[nH]c3n2)on1.